The molecule has 2 unspecified atom stereocenters. The molecule has 0 radical (unpaired) electrons. The number of aliphatic hydroxyl groups is 1. The second kappa shape index (κ2) is 7.03. The Morgan fingerprint density at radius 3 is 2.62 bits per heavy atom. The predicted octanol–water partition coefficient (Wildman–Crippen LogP) is 1.02. The van der Waals surface area contributed by atoms with Crippen molar-refractivity contribution in [2.24, 2.45) is 10.9 Å². The quantitative estimate of drug-likeness (QED) is 0.199. The summed E-state index contributed by atoms with van der Waals surface area (Å²) in [5.41, 5.74) is 5.29. The fraction of sp³-hybridized carbons (Fsp3) is 0.875. The summed E-state index contributed by atoms with van der Waals surface area (Å²) >= 11 is 1.69. The lowest BCUT2D eigenvalue weighted by Crippen LogP contribution is -2.16. The summed E-state index contributed by atoms with van der Waals surface area (Å²) in [5, 5.41) is 20.5. The van der Waals surface area contributed by atoms with Crippen LogP contribution in [0.25, 0.3) is 0 Å². The van der Waals surface area contributed by atoms with Gasteiger partial charge in [-0.1, -0.05) is 12.1 Å². The van der Waals surface area contributed by atoms with E-state index in [2.05, 4.69) is 5.16 Å². The molecule has 0 aliphatic heterocycles. The first kappa shape index (κ1) is 12.6. The lowest BCUT2D eigenvalue weighted by atomic mass is 10.3. The van der Waals surface area contributed by atoms with E-state index in [0.717, 1.165) is 12.2 Å². The van der Waals surface area contributed by atoms with Gasteiger partial charge in [0, 0.05) is 11.7 Å². The number of thioether (sulfide) groups is 1. The lowest BCUT2D eigenvalue weighted by Gasteiger charge is -2.13. The number of hydrogen-bond donors (Lipinski definition) is 3. The number of aliphatic hydroxyl groups excluding tert-OH is 1. The summed E-state index contributed by atoms with van der Waals surface area (Å²) in [6, 6.07) is 0. The fourth-order valence-electron chi connectivity index (χ4n) is 0.712. The van der Waals surface area contributed by atoms with Gasteiger partial charge in [0.2, 0.25) is 0 Å². The van der Waals surface area contributed by atoms with Gasteiger partial charge >= 0.3 is 0 Å². The van der Waals surface area contributed by atoms with Crippen LogP contribution in [0.1, 0.15) is 26.7 Å². The standard InChI is InChI=1S/C8H18N2O2S/c1-6(11)7(2)13-5-3-4-8(9)10-12/h6-7,11-12H,3-5H2,1-2H3,(H2,9,10). The molecule has 0 aliphatic carbocycles. The van der Waals surface area contributed by atoms with Gasteiger partial charge in [-0.15, -0.1) is 0 Å². The molecule has 0 saturated carbocycles. The number of nitrogens with two attached hydrogens (primary N) is 1. The lowest BCUT2D eigenvalue weighted by molar-refractivity contribution is 0.196. The summed E-state index contributed by atoms with van der Waals surface area (Å²) in [7, 11) is 0. The summed E-state index contributed by atoms with van der Waals surface area (Å²) in [5.74, 6) is 1.19. The second-order valence-electron chi connectivity index (χ2n) is 3.01. The zero-order valence-corrected chi connectivity index (χ0v) is 8.92. The minimum absolute atomic E-state index is 0.243. The molecule has 0 rings (SSSR count). The van der Waals surface area contributed by atoms with Crippen LogP contribution in [0.4, 0.5) is 0 Å². The van der Waals surface area contributed by atoms with Crippen LogP contribution < -0.4 is 5.73 Å². The van der Waals surface area contributed by atoms with E-state index in [9.17, 15) is 0 Å². The SMILES string of the molecule is CC(O)C(C)SCCCC(N)=NO. The van der Waals surface area contributed by atoms with E-state index in [-0.39, 0.29) is 17.2 Å². The molecule has 78 valence electrons. The average Bonchev–Trinajstić information content (AvgIpc) is 2.11. The van der Waals surface area contributed by atoms with E-state index in [1.54, 1.807) is 18.7 Å². The highest BCUT2D eigenvalue weighted by atomic mass is 32.2. The maximum Gasteiger partial charge on any atom is 0.139 e. The molecule has 0 aliphatic rings. The minimum Gasteiger partial charge on any atom is -0.409 e. The molecule has 4 nitrogen and oxygen atoms in total. The van der Waals surface area contributed by atoms with Gasteiger partial charge < -0.3 is 16.0 Å². The van der Waals surface area contributed by atoms with Crippen molar-refractivity contribution >= 4 is 17.6 Å². The van der Waals surface area contributed by atoms with E-state index >= 15 is 0 Å². The molecule has 0 fully saturated rings. The number of oxime groups is 1. The third-order valence-electron chi connectivity index (χ3n) is 1.77. The van der Waals surface area contributed by atoms with Crippen LogP contribution in [0.15, 0.2) is 5.16 Å². The Labute approximate surface area is 83.2 Å². The Morgan fingerprint density at radius 1 is 1.54 bits per heavy atom. The first-order valence-electron chi connectivity index (χ1n) is 4.34. The molecule has 0 bridgehead atoms. The topological polar surface area (TPSA) is 78.8 Å². The number of nitrogens with zero attached hydrogens (tertiary/aromatic N) is 1. The van der Waals surface area contributed by atoms with Gasteiger partial charge in [0.25, 0.3) is 0 Å². The van der Waals surface area contributed by atoms with E-state index in [1.165, 1.54) is 0 Å². The molecule has 0 amide bonds. The highest BCUT2D eigenvalue weighted by molar-refractivity contribution is 7.99. The largest absolute Gasteiger partial charge is 0.409 e. The van der Waals surface area contributed by atoms with Crippen LogP contribution in [0.2, 0.25) is 0 Å². The van der Waals surface area contributed by atoms with Crippen molar-refractivity contribution in [1.82, 2.24) is 0 Å². The van der Waals surface area contributed by atoms with E-state index < -0.39 is 0 Å². The zero-order chi connectivity index (χ0) is 10.3. The molecule has 4 N–H and O–H groups in total. The first-order valence-corrected chi connectivity index (χ1v) is 5.39. The maximum atomic E-state index is 9.17. The number of rotatable bonds is 6. The molecule has 13 heavy (non-hydrogen) atoms. The normalized spacial score (nSPS) is 17.0. The monoisotopic (exact) mass is 206 g/mol. The fourth-order valence-corrected chi connectivity index (χ4v) is 1.67. The van der Waals surface area contributed by atoms with Gasteiger partial charge in [0.15, 0.2) is 0 Å². The molecule has 2 atom stereocenters. The molecule has 5 heteroatoms. The molecule has 0 aromatic heterocycles. The van der Waals surface area contributed by atoms with E-state index in [0.29, 0.717) is 6.42 Å². The highest BCUT2D eigenvalue weighted by Gasteiger charge is 2.08. The zero-order valence-electron chi connectivity index (χ0n) is 8.10. The van der Waals surface area contributed by atoms with Crippen molar-refractivity contribution in [1.29, 1.82) is 0 Å². The van der Waals surface area contributed by atoms with Crippen LogP contribution in [0, 0.1) is 0 Å². The van der Waals surface area contributed by atoms with Gasteiger partial charge in [0.05, 0.1) is 6.10 Å². The van der Waals surface area contributed by atoms with Crippen molar-refractivity contribution in [3.8, 4) is 0 Å². The third kappa shape index (κ3) is 6.72. The minimum atomic E-state index is -0.283. The second-order valence-corrected chi connectivity index (χ2v) is 4.50. The van der Waals surface area contributed by atoms with Crippen molar-refractivity contribution in [2.75, 3.05) is 5.75 Å². The van der Waals surface area contributed by atoms with E-state index in [1.807, 2.05) is 6.92 Å². The van der Waals surface area contributed by atoms with Crippen LogP contribution in [0.3, 0.4) is 0 Å². The first-order chi connectivity index (χ1) is 6.07. The van der Waals surface area contributed by atoms with Crippen molar-refractivity contribution in [3.05, 3.63) is 0 Å². The summed E-state index contributed by atoms with van der Waals surface area (Å²) < 4.78 is 0. The molecule has 0 heterocycles. The van der Waals surface area contributed by atoms with Crippen LogP contribution in [-0.4, -0.2) is 33.3 Å². The summed E-state index contributed by atoms with van der Waals surface area (Å²) in [6.45, 7) is 3.76. The maximum absolute atomic E-state index is 9.17. The molecule has 0 aromatic carbocycles. The van der Waals surface area contributed by atoms with Gasteiger partial charge in [-0.3, -0.25) is 0 Å². The third-order valence-corrected chi connectivity index (χ3v) is 3.21. The Bertz CT molecular complexity index is 162. The van der Waals surface area contributed by atoms with E-state index in [4.69, 9.17) is 16.0 Å². The van der Waals surface area contributed by atoms with Crippen LogP contribution >= 0.6 is 11.8 Å². The van der Waals surface area contributed by atoms with Gasteiger partial charge in [0.1, 0.15) is 5.84 Å². The Morgan fingerprint density at radius 2 is 2.15 bits per heavy atom. The Balaban J connectivity index is 3.36. The summed E-state index contributed by atoms with van der Waals surface area (Å²) in [4.78, 5) is 0. The summed E-state index contributed by atoms with van der Waals surface area (Å²) in [6.07, 6.45) is 1.20. The Kier molecular flexibility index (Phi) is 6.80. The highest BCUT2D eigenvalue weighted by Crippen LogP contribution is 2.15. The van der Waals surface area contributed by atoms with Crippen LogP contribution in [0.5, 0.6) is 0 Å². The molecule has 0 saturated heterocycles. The van der Waals surface area contributed by atoms with Gasteiger partial charge in [-0.2, -0.15) is 11.8 Å². The van der Waals surface area contributed by atoms with Gasteiger partial charge in [-0.25, -0.2) is 0 Å². The number of hydrogen-bond acceptors (Lipinski definition) is 4. The number of amidine groups is 1. The van der Waals surface area contributed by atoms with Crippen LogP contribution in [-0.2, 0) is 0 Å². The molecule has 0 spiro atoms. The average molecular weight is 206 g/mol. The van der Waals surface area contributed by atoms with Crippen molar-refractivity contribution in [3.63, 3.8) is 0 Å². The van der Waals surface area contributed by atoms with Crippen molar-refractivity contribution < 1.29 is 10.3 Å². The van der Waals surface area contributed by atoms with Crippen molar-refractivity contribution in [2.45, 2.75) is 38.0 Å². The molecule has 0 aromatic rings. The smallest absolute Gasteiger partial charge is 0.139 e. The molecular formula is C8H18N2O2S. The molecular weight excluding hydrogens is 188 g/mol. The predicted molar refractivity (Wildman–Crippen MR) is 56.2 cm³/mol. The van der Waals surface area contributed by atoms with Gasteiger partial charge in [-0.05, 0) is 19.1 Å². The Hall–Kier alpha value is -0.420.